The molecule has 0 bridgehead atoms. The standard InChI is InChI=1S/C9H7Cl2FO/c10-5-1-8(11)7-3-6(12)4-13-9(7)2-5/h1-2,6H,3-4H2/t6-/m1/s1. The molecule has 1 aromatic carbocycles. The second-order valence-corrected chi connectivity index (χ2v) is 3.82. The molecule has 1 aliphatic heterocycles. The Hall–Kier alpha value is -0.470. The first kappa shape index (κ1) is 9.10. The van der Waals surface area contributed by atoms with Crippen LogP contribution in [-0.4, -0.2) is 12.8 Å². The Morgan fingerprint density at radius 1 is 1.38 bits per heavy atom. The number of halogens is 3. The largest absolute Gasteiger partial charge is 0.490 e. The van der Waals surface area contributed by atoms with Crippen molar-refractivity contribution in [3.8, 4) is 5.75 Å². The zero-order valence-electron chi connectivity index (χ0n) is 6.69. The number of rotatable bonds is 0. The van der Waals surface area contributed by atoms with Crippen LogP contribution in [0.15, 0.2) is 12.1 Å². The van der Waals surface area contributed by atoms with E-state index in [1.54, 1.807) is 12.1 Å². The minimum absolute atomic E-state index is 0.0870. The smallest absolute Gasteiger partial charge is 0.138 e. The molecule has 1 aliphatic rings. The first-order valence-corrected chi connectivity index (χ1v) is 4.67. The summed E-state index contributed by atoms with van der Waals surface area (Å²) in [5.74, 6) is 0.603. The lowest BCUT2D eigenvalue weighted by Crippen LogP contribution is -2.21. The van der Waals surface area contributed by atoms with Gasteiger partial charge in [0, 0.05) is 22.0 Å². The van der Waals surface area contributed by atoms with Gasteiger partial charge in [-0.05, 0) is 12.1 Å². The zero-order chi connectivity index (χ0) is 9.42. The highest BCUT2D eigenvalue weighted by Gasteiger charge is 2.21. The van der Waals surface area contributed by atoms with Gasteiger partial charge in [0.25, 0.3) is 0 Å². The molecule has 0 aliphatic carbocycles. The summed E-state index contributed by atoms with van der Waals surface area (Å²) in [5, 5.41) is 0.992. The Bertz CT molecular complexity index is 341. The second kappa shape index (κ2) is 3.35. The normalized spacial score (nSPS) is 20.7. The summed E-state index contributed by atoms with van der Waals surface area (Å²) in [5.41, 5.74) is 0.713. The van der Waals surface area contributed by atoms with E-state index >= 15 is 0 Å². The van der Waals surface area contributed by atoms with Crippen molar-refractivity contribution in [2.24, 2.45) is 0 Å². The molecule has 70 valence electrons. The molecular formula is C9H7Cl2FO. The number of fused-ring (bicyclic) bond motifs is 1. The summed E-state index contributed by atoms with van der Waals surface area (Å²) in [7, 11) is 0. The zero-order valence-corrected chi connectivity index (χ0v) is 8.20. The SMILES string of the molecule is F[C@H]1COc2cc(Cl)cc(Cl)c2C1. The molecule has 4 heteroatoms. The van der Waals surface area contributed by atoms with E-state index in [2.05, 4.69) is 0 Å². The van der Waals surface area contributed by atoms with Crippen molar-refractivity contribution < 1.29 is 9.13 Å². The van der Waals surface area contributed by atoms with E-state index in [0.29, 0.717) is 27.8 Å². The fraction of sp³-hybridized carbons (Fsp3) is 0.333. The van der Waals surface area contributed by atoms with Crippen LogP contribution in [0.5, 0.6) is 5.75 Å². The van der Waals surface area contributed by atoms with Crippen LogP contribution in [0, 0.1) is 0 Å². The Balaban J connectivity index is 2.47. The molecule has 1 heterocycles. The predicted molar refractivity (Wildman–Crippen MR) is 50.6 cm³/mol. The molecule has 0 N–H and O–H groups in total. The van der Waals surface area contributed by atoms with Crippen molar-refractivity contribution in [1.29, 1.82) is 0 Å². The van der Waals surface area contributed by atoms with Crippen LogP contribution < -0.4 is 4.74 Å². The molecule has 1 aromatic rings. The summed E-state index contributed by atoms with van der Waals surface area (Å²) in [6.45, 7) is 0.0870. The molecule has 0 aromatic heterocycles. The summed E-state index contributed by atoms with van der Waals surface area (Å²) in [4.78, 5) is 0. The lowest BCUT2D eigenvalue weighted by atomic mass is 10.1. The molecule has 1 nitrogen and oxygen atoms in total. The Kier molecular flexibility index (Phi) is 2.35. The Morgan fingerprint density at radius 3 is 2.92 bits per heavy atom. The number of alkyl halides is 1. The van der Waals surface area contributed by atoms with E-state index in [4.69, 9.17) is 27.9 Å². The molecule has 1 atom stereocenters. The molecule has 0 saturated heterocycles. The highest BCUT2D eigenvalue weighted by molar-refractivity contribution is 6.35. The van der Waals surface area contributed by atoms with Gasteiger partial charge in [0.2, 0.25) is 0 Å². The van der Waals surface area contributed by atoms with Crippen molar-refractivity contribution in [3.63, 3.8) is 0 Å². The lowest BCUT2D eigenvalue weighted by molar-refractivity contribution is 0.174. The van der Waals surface area contributed by atoms with Crippen molar-refractivity contribution in [1.82, 2.24) is 0 Å². The van der Waals surface area contributed by atoms with Gasteiger partial charge in [0.15, 0.2) is 0 Å². The van der Waals surface area contributed by atoms with E-state index in [9.17, 15) is 4.39 Å². The van der Waals surface area contributed by atoms with Crippen molar-refractivity contribution in [2.75, 3.05) is 6.61 Å². The average molecular weight is 221 g/mol. The van der Waals surface area contributed by atoms with E-state index in [-0.39, 0.29) is 6.61 Å². The third-order valence-electron chi connectivity index (χ3n) is 1.96. The van der Waals surface area contributed by atoms with Crippen LogP contribution in [-0.2, 0) is 6.42 Å². The fourth-order valence-electron chi connectivity index (χ4n) is 1.37. The van der Waals surface area contributed by atoms with Gasteiger partial charge in [0.1, 0.15) is 18.5 Å². The van der Waals surface area contributed by atoms with Gasteiger partial charge in [0.05, 0.1) is 0 Å². The molecule has 0 spiro atoms. The molecule has 13 heavy (non-hydrogen) atoms. The van der Waals surface area contributed by atoms with Gasteiger partial charge in [-0.2, -0.15) is 0 Å². The van der Waals surface area contributed by atoms with Crippen molar-refractivity contribution in [3.05, 3.63) is 27.7 Å². The third kappa shape index (κ3) is 1.74. The van der Waals surface area contributed by atoms with E-state index in [0.717, 1.165) is 0 Å². The Morgan fingerprint density at radius 2 is 2.15 bits per heavy atom. The van der Waals surface area contributed by atoms with E-state index in [1.807, 2.05) is 0 Å². The predicted octanol–water partition coefficient (Wildman–Crippen LogP) is 3.27. The van der Waals surface area contributed by atoms with Crippen LogP contribution in [0.1, 0.15) is 5.56 Å². The number of hydrogen-bond acceptors (Lipinski definition) is 1. The minimum atomic E-state index is -0.967. The monoisotopic (exact) mass is 220 g/mol. The van der Waals surface area contributed by atoms with Crippen LogP contribution in [0.25, 0.3) is 0 Å². The molecule has 0 fully saturated rings. The topological polar surface area (TPSA) is 9.23 Å². The van der Waals surface area contributed by atoms with E-state index < -0.39 is 6.17 Å². The number of benzene rings is 1. The van der Waals surface area contributed by atoms with E-state index in [1.165, 1.54) is 0 Å². The molecule has 0 unspecified atom stereocenters. The van der Waals surface area contributed by atoms with Crippen molar-refractivity contribution in [2.45, 2.75) is 12.6 Å². The average Bonchev–Trinajstić information content (AvgIpc) is 2.06. The lowest BCUT2D eigenvalue weighted by Gasteiger charge is -2.21. The molecule has 2 rings (SSSR count). The van der Waals surface area contributed by atoms with Gasteiger partial charge in [-0.25, -0.2) is 4.39 Å². The minimum Gasteiger partial charge on any atom is -0.490 e. The molecular weight excluding hydrogens is 214 g/mol. The fourth-order valence-corrected chi connectivity index (χ4v) is 1.92. The van der Waals surface area contributed by atoms with Crippen LogP contribution >= 0.6 is 23.2 Å². The number of hydrogen-bond donors (Lipinski definition) is 0. The third-order valence-corrected chi connectivity index (χ3v) is 2.52. The van der Waals surface area contributed by atoms with Gasteiger partial charge in [-0.3, -0.25) is 0 Å². The van der Waals surface area contributed by atoms with Crippen LogP contribution in [0.4, 0.5) is 4.39 Å². The van der Waals surface area contributed by atoms with Gasteiger partial charge < -0.3 is 4.74 Å². The van der Waals surface area contributed by atoms with Gasteiger partial charge in [-0.15, -0.1) is 0 Å². The van der Waals surface area contributed by atoms with Gasteiger partial charge in [-0.1, -0.05) is 23.2 Å². The van der Waals surface area contributed by atoms with Crippen LogP contribution in [0.2, 0.25) is 10.0 Å². The summed E-state index contributed by atoms with van der Waals surface area (Å²) < 4.78 is 18.1. The molecule has 0 saturated carbocycles. The first-order chi connectivity index (χ1) is 6.16. The van der Waals surface area contributed by atoms with Crippen molar-refractivity contribution >= 4 is 23.2 Å². The second-order valence-electron chi connectivity index (χ2n) is 2.98. The highest BCUT2D eigenvalue weighted by Crippen LogP contribution is 2.34. The summed E-state index contributed by atoms with van der Waals surface area (Å²) in [6, 6.07) is 3.26. The Labute approximate surface area is 85.4 Å². The summed E-state index contributed by atoms with van der Waals surface area (Å²) in [6.07, 6.45) is -0.656. The maximum atomic E-state index is 12.9. The quantitative estimate of drug-likeness (QED) is 0.653. The maximum Gasteiger partial charge on any atom is 0.138 e. The maximum absolute atomic E-state index is 12.9. The summed E-state index contributed by atoms with van der Waals surface area (Å²) >= 11 is 11.6. The number of ether oxygens (including phenoxy) is 1. The van der Waals surface area contributed by atoms with Gasteiger partial charge >= 0.3 is 0 Å². The van der Waals surface area contributed by atoms with Crippen LogP contribution in [0.3, 0.4) is 0 Å². The molecule has 0 amide bonds. The highest BCUT2D eigenvalue weighted by atomic mass is 35.5. The molecule has 0 radical (unpaired) electrons. The first-order valence-electron chi connectivity index (χ1n) is 3.91.